The van der Waals surface area contributed by atoms with E-state index < -0.39 is 6.10 Å². The van der Waals surface area contributed by atoms with E-state index in [1.165, 1.54) is 109 Å². The predicted octanol–water partition coefficient (Wildman–Crippen LogP) is 17.4. The van der Waals surface area contributed by atoms with Crippen LogP contribution in [0.2, 0.25) is 0 Å². The molecule has 0 heterocycles. The highest BCUT2D eigenvalue weighted by Gasteiger charge is 2.19. The van der Waals surface area contributed by atoms with Crippen molar-refractivity contribution < 1.29 is 28.6 Å². The lowest BCUT2D eigenvalue weighted by Crippen LogP contribution is -2.30. The Hall–Kier alpha value is -3.15. The molecule has 362 valence electrons. The second kappa shape index (κ2) is 51.5. The first-order valence-corrected chi connectivity index (χ1v) is 26.4. The minimum absolute atomic E-state index is 0.0812. The van der Waals surface area contributed by atoms with Gasteiger partial charge < -0.3 is 14.2 Å². The molecule has 0 rings (SSSR count). The summed E-state index contributed by atoms with van der Waals surface area (Å²) in [5.74, 6) is -0.904. The van der Waals surface area contributed by atoms with Crippen molar-refractivity contribution >= 4 is 17.9 Å². The Morgan fingerprint density at radius 2 is 0.619 bits per heavy atom. The fourth-order valence-electron chi connectivity index (χ4n) is 7.23. The monoisotopic (exact) mass is 879 g/mol. The number of ether oxygens (including phenoxy) is 3. The third-order valence-electron chi connectivity index (χ3n) is 11.2. The molecule has 0 aliphatic heterocycles. The summed E-state index contributed by atoms with van der Waals surface area (Å²) in [5.41, 5.74) is 0. The fourth-order valence-corrected chi connectivity index (χ4v) is 7.23. The van der Waals surface area contributed by atoms with Crippen molar-refractivity contribution in [2.75, 3.05) is 13.2 Å². The number of unbranched alkanes of at least 4 members (excludes halogenated alkanes) is 24. The molecule has 0 saturated heterocycles. The fraction of sp³-hybridized carbons (Fsp3) is 0.737. The van der Waals surface area contributed by atoms with Crippen LogP contribution in [-0.4, -0.2) is 37.2 Å². The summed E-state index contributed by atoms with van der Waals surface area (Å²) in [6, 6.07) is 0. The van der Waals surface area contributed by atoms with E-state index in [-0.39, 0.29) is 31.1 Å². The molecule has 0 aromatic carbocycles. The number of allylic oxidation sites excluding steroid dienone is 12. The normalized spacial score (nSPS) is 12.6. The summed E-state index contributed by atoms with van der Waals surface area (Å²) in [7, 11) is 0. The summed E-state index contributed by atoms with van der Waals surface area (Å²) >= 11 is 0. The van der Waals surface area contributed by atoms with Crippen molar-refractivity contribution in [2.24, 2.45) is 0 Å². The number of esters is 3. The Balaban J connectivity index is 4.22. The van der Waals surface area contributed by atoms with Gasteiger partial charge in [0.2, 0.25) is 0 Å². The van der Waals surface area contributed by atoms with E-state index in [0.717, 1.165) is 103 Å². The van der Waals surface area contributed by atoms with Crippen LogP contribution in [0.3, 0.4) is 0 Å². The van der Waals surface area contributed by atoms with Crippen LogP contribution in [-0.2, 0) is 28.6 Å². The first-order valence-electron chi connectivity index (χ1n) is 26.4. The highest BCUT2D eigenvalue weighted by atomic mass is 16.6. The lowest BCUT2D eigenvalue weighted by molar-refractivity contribution is -0.167. The Kier molecular flexibility index (Phi) is 48.9. The predicted molar refractivity (Wildman–Crippen MR) is 270 cm³/mol. The van der Waals surface area contributed by atoms with Gasteiger partial charge in [-0.15, -0.1) is 0 Å². The molecule has 0 aromatic heterocycles. The van der Waals surface area contributed by atoms with Crippen molar-refractivity contribution in [3.8, 4) is 0 Å². The van der Waals surface area contributed by atoms with Gasteiger partial charge in [-0.3, -0.25) is 14.4 Å². The topological polar surface area (TPSA) is 78.9 Å². The lowest BCUT2D eigenvalue weighted by atomic mass is 10.1. The van der Waals surface area contributed by atoms with Gasteiger partial charge in [-0.2, -0.15) is 0 Å². The van der Waals surface area contributed by atoms with E-state index in [1.54, 1.807) is 0 Å². The molecule has 0 saturated carbocycles. The second-order valence-corrected chi connectivity index (χ2v) is 17.4. The summed E-state index contributed by atoms with van der Waals surface area (Å²) in [5, 5.41) is 0. The highest BCUT2D eigenvalue weighted by Crippen LogP contribution is 2.14. The molecular formula is C57H98O6. The van der Waals surface area contributed by atoms with Crippen molar-refractivity contribution in [1.82, 2.24) is 0 Å². The maximum Gasteiger partial charge on any atom is 0.306 e. The van der Waals surface area contributed by atoms with E-state index in [2.05, 4.69) is 93.7 Å². The van der Waals surface area contributed by atoms with Gasteiger partial charge in [0.25, 0.3) is 0 Å². The smallest absolute Gasteiger partial charge is 0.306 e. The summed E-state index contributed by atoms with van der Waals surface area (Å²) in [6.45, 7) is 6.44. The summed E-state index contributed by atoms with van der Waals surface area (Å²) < 4.78 is 16.7. The third kappa shape index (κ3) is 49.7. The molecule has 0 bridgehead atoms. The Morgan fingerprint density at radius 3 is 0.984 bits per heavy atom. The van der Waals surface area contributed by atoms with E-state index >= 15 is 0 Å². The van der Waals surface area contributed by atoms with Crippen LogP contribution in [0.5, 0.6) is 0 Å². The molecule has 0 amide bonds. The van der Waals surface area contributed by atoms with Crippen LogP contribution < -0.4 is 0 Å². The molecular weight excluding hydrogens is 781 g/mol. The Bertz CT molecular complexity index is 1190. The SMILES string of the molecule is CC/C=C\C/C=C\C/C=C\C/C=C\CCCCCCCCCCC(=O)OCC(COC(=O)CCCCCCCC)OC(=O)CCCCCCCCC/C=C\C/C=C\CCCCCC. The van der Waals surface area contributed by atoms with Crippen molar-refractivity contribution in [3.63, 3.8) is 0 Å². The molecule has 0 radical (unpaired) electrons. The van der Waals surface area contributed by atoms with Gasteiger partial charge in [0.15, 0.2) is 6.10 Å². The van der Waals surface area contributed by atoms with Crippen LogP contribution in [0.4, 0.5) is 0 Å². The third-order valence-corrected chi connectivity index (χ3v) is 11.2. The van der Waals surface area contributed by atoms with Crippen LogP contribution in [0.25, 0.3) is 0 Å². The quantitative estimate of drug-likeness (QED) is 0.0262. The van der Waals surface area contributed by atoms with Crippen LogP contribution in [0, 0.1) is 0 Å². The first kappa shape index (κ1) is 59.9. The van der Waals surface area contributed by atoms with Crippen molar-refractivity contribution in [3.05, 3.63) is 72.9 Å². The largest absolute Gasteiger partial charge is 0.462 e. The molecule has 6 heteroatoms. The zero-order chi connectivity index (χ0) is 45.8. The minimum atomic E-state index is -0.779. The first-order chi connectivity index (χ1) is 31.0. The lowest BCUT2D eigenvalue weighted by Gasteiger charge is -2.18. The van der Waals surface area contributed by atoms with Crippen LogP contribution in [0.1, 0.15) is 252 Å². The average Bonchev–Trinajstić information content (AvgIpc) is 3.28. The number of carbonyl (C=O) groups is 3. The minimum Gasteiger partial charge on any atom is -0.462 e. The molecule has 63 heavy (non-hydrogen) atoms. The van der Waals surface area contributed by atoms with Gasteiger partial charge in [0.05, 0.1) is 0 Å². The van der Waals surface area contributed by atoms with Gasteiger partial charge in [0, 0.05) is 19.3 Å². The summed E-state index contributed by atoms with van der Waals surface area (Å²) in [6.07, 6.45) is 64.8. The van der Waals surface area contributed by atoms with E-state index in [1.807, 2.05) is 0 Å². The van der Waals surface area contributed by atoms with Gasteiger partial charge in [-0.25, -0.2) is 0 Å². The molecule has 0 aromatic rings. The van der Waals surface area contributed by atoms with Gasteiger partial charge >= 0.3 is 17.9 Å². The molecule has 0 N–H and O–H groups in total. The maximum absolute atomic E-state index is 12.8. The Labute approximate surface area is 389 Å². The van der Waals surface area contributed by atoms with Gasteiger partial charge in [0.1, 0.15) is 13.2 Å². The van der Waals surface area contributed by atoms with Crippen molar-refractivity contribution in [1.29, 1.82) is 0 Å². The number of rotatable bonds is 47. The standard InChI is InChI=1S/C57H98O6/c1-4-7-10-13-16-18-20-22-24-26-28-29-30-32-33-35-37-39-41-44-47-50-56(59)62-53-54(52-61-55(58)49-46-43-15-12-9-6-3)63-57(60)51-48-45-42-40-38-36-34-31-27-25-23-21-19-17-14-11-8-5-2/h7,10,16,18-19,21-22,24-25,27-29,54H,4-6,8-9,11-15,17,20,23,26,30-53H2,1-3H3/b10-7-,18-16-,21-19-,24-22-,27-25-,29-28-. The van der Waals surface area contributed by atoms with E-state index in [4.69, 9.17) is 14.2 Å². The zero-order valence-corrected chi connectivity index (χ0v) is 41.3. The van der Waals surface area contributed by atoms with Gasteiger partial charge in [-0.05, 0) is 89.9 Å². The van der Waals surface area contributed by atoms with Crippen LogP contribution in [0.15, 0.2) is 72.9 Å². The van der Waals surface area contributed by atoms with Crippen LogP contribution >= 0.6 is 0 Å². The number of hydrogen-bond acceptors (Lipinski definition) is 6. The van der Waals surface area contributed by atoms with E-state index in [9.17, 15) is 14.4 Å². The zero-order valence-electron chi connectivity index (χ0n) is 41.3. The Morgan fingerprint density at radius 1 is 0.333 bits per heavy atom. The highest BCUT2D eigenvalue weighted by molar-refractivity contribution is 5.71. The molecule has 1 atom stereocenters. The molecule has 0 fully saturated rings. The summed E-state index contributed by atoms with van der Waals surface area (Å²) in [4.78, 5) is 37.8. The molecule has 0 aliphatic rings. The number of carbonyl (C=O) groups excluding carboxylic acids is 3. The molecule has 0 spiro atoms. The van der Waals surface area contributed by atoms with E-state index in [0.29, 0.717) is 19.3 Å². The van der Waals surface area contributed by atoms with Crippen molar-refractivity contribution in [2.45, 2.75) is 258 Å². The second-order valence-electron chi connectivity index (χ2n) is 17.4. The number of hydrogen-bond donors (Lipinski definition) is 0. The molecule has 6 nitrogen and oxygen atoms in total. The average molecular weight is 879 g/mol. The molecule has 0 aliphatic carbocycles. The maximum atomic E-state index is 12.8. The van der Waals surface area contributed by atoms with Gasteiger partial charge in [-0.1, -0.05) is 216 Å². The molecule has 1 unspecified atom stereocenters.